The first-order valence-corrected chi connectivity index (χ1v) is 10.4. The number of hydrogen-bond donors (Lipinski definition) is 0. The lowest BCUT2D eigenvalue weighted by Gasteiger charge is -2.10. The minimum atomic E-state index is 0.449. The standard InChI is InChI=1S/C21H18ClN5O2S/c1-3-12-27-19(16-6-4-5-7-17(16)28-2)24-25-21(27)30-13-18-23-20(29-26-18)14-8-10-15(22)11-9-14/h3-11H,1,12-13H2,2H3. The average Bonchev–Trinajstić information content (AvgIpc) is 3.40. The Labute approximate surface area is 182 Å². The van der Waals surface area contributed by atoms with Gasteiger partial charge in [0.2, 0.25) is 0 Å². The van der Waals surface area contributed by atoms with E-state index in [0.29, 0.717) is 34.9 Å². The summed E-state index contributed by atoms with van der Waals surface area (Å²) in [5, 5.41) is 14.2. The number of ether oxygens (including phenoxy) is 1. The number of methoxy groups -OCH3 is 1. The van der Waals surface area contributed by atoms with Gasteiger partial charge in [0.15, 0.2) is 16.8 Å². The summed E-state index contributed by atoms with van der Waals surface area (Å²) >= 11 is 7.40. The number of allylic oxidation sites excluding steroid dienone is 1. The maximum Gasteiger partial charge on any atom is 0.257 e. The number of hydrogen-bond acceptors (Lipinski definition) is 7. The quantitative estimate of drug-likeness (QED) is 0.278. The van der Waals surface area contributed by atoms with Crippen LogP contribution in [0, 0.1) is 0 Å². The highest BCUT2D eigenvalue weighted by atomic mass is 35.5. The maximum absolute atomic E-state index is 5.93. The number of thioether (sulfide) groups is 1. The summed E-state index contributed by atoms with van der Waals surface area (Å²) in [6.45, 7) is 4.41. The highest BCUT2D eigenvalue weighted by Gasteiger charge is 2.18. The van der Waals surface area contributed by atoms with Gasteiger partial charge in [-0.2, -0.15) is 4.98 Å². The normalized spacial score (nSPS) is 10.9. The van der Waals surface area contributed by atoms with Crippen LogP contribution < -0.4 is 4.74 Å². The zero-order valence-electron chi connectivity index (χ0n) is 16.2. The molecule has 0 bridgehead atoms. The van der Waals surface area contributed by atoms with Crippen LogP contribution in [0.5, 0.6) is 5.75 Å². The molecule has 0 aliphatic rings. The van der Waals surface area contributed by atoms with Gasteiger partial charge in [-0.1, -0.05) is 46.7 Å². The van der Waals surface area contributed by atoms with Gasteiger partial charge in [-0.15, -0.1) is 16.8 Å². The predicted octanol–water partition coefficient (Wildman–Crippen LogP) is 5.14. The highest BCUT2D eigenvalue weighted by molar-refractivity contribution is 7.98. The van der Waals surface area contributed by atoms with Gasteiger partial charge >= 0.3 is 0 Å². The Hall–Kier alpha value is -3.10. The fourth-order valence-electron chi connectivity index (χ4n) is 2.87. The second kappa shape index (κ2) is 9.15. The zero-order valence-corrected chi connectivity index (χ0v) is 17.7. The Kier molecular flexibility index (Phi) is 6.15. The predicted molar refractivity (Wildman–Crippen MR) is 117 cm³/mol. The van der Waals surface area contributed by atoms with Crippen molar-refractivity contribution < 1.29 is 9.26 Å². The summed E-state index contributed by atoms with van der Waals surface area (Å²) < 4.78 is 12.8. The van der Waals surface area contributed by atoms with Gasteiger partial charge in [0, 0.05) is 17.1 Å². The van der Waals surface area contributed by atoms with Crippen LogP contribution in [0.25, 0.3) is 22.8 Å². The fraction of sp³-hybridized carbons (Fsp3) is 0.143. The molecule has 152 valence electrons. The van der Waals surface area contributed by atoms with E-state index in [9.17, 15) is 0 Å². The molecule has 4 aromatic rings. The van der Waals surface area contributed by atoms with E-state index in [0.717, 1.165) is 22.0 Å². The second-order valence-corrected chi connectivity index (χ2v) is 7.60. The van der Waals surface area contributed by atoms with Crippen molar-refractivity contribution in [3.05, 3.63) is 72.0 Å². The molecule has 0 saturated heterocycles. The van der Waals surface area contributed by atoms with Crippen molar-refractivity contribution in [1.29, 1.82) is 0 Å². The molecule has 0 unspecified atom stereocenters. The van der Waals surface area contributed by atoms with Crippen molar-refractivity contribution in [3.63, 3.8) is 0 Å². The van der Waals surface area contributed by atoms with Crippen molar-refractivity contribution in [1.82, 2.24) is 24.9 Å². The molecule has 30 heavy (non-hydrogen) atoms. The summed E-state index contributed by atoms with van der Waals surface area (Å²) in [7, 11) is 1.64. The van der Waals surface area contributed by atoms with Gasteiger partial charge in [-0.05, 0) is 36.4 Å². The Bertz CT molecular complexity index is 1160. The van der Waals surface area contributed by atoms with E-state index in [4.69, 9.17) is 20.9 Å². The monoisotopic (exact) mass is 439 g/mol. The number of nitrogens with zero attached hydrogens (tertiary/aromatic N) is 5. The van der Waals surface area contributed by atoms with Gasteiger partial charge in [0.05, 0.1) is 18.4 Å². The van der Waals surface area contributed by atoms with E-state index in [1.807, 2.05) is 41.0 Å². The molecule has 0 spiro atoms. The number of halogens is 1. The van der Waals surface area contributed by atoms with Crippen molar-refractivity contribution in [2.45, 2.75) is 17.5 Å². The molecule has 0 saturated carbocycles. The van der Waals surface area contributed by atoms with Crippen LogP contribution in [-0.4, -0.2) is 32.0 Å². The van der Waals surface area contributed by atoms with E-state index < -0.39 is 0 Å². The minimum Gasteiger partial charge on any atom is -0.496 e. The van der Waals surface area contributed by atoms with E-state index in [1.165, 1.54) is 11.8 Å². The van der Waals surface area contributed by atoms with Crippen molar-refractivity contribution in [3.8, 4) is 28.6 Å². The molecule has 0 amide bonds. The van der Waals surface area contributed by atoms with E-state index in [-0.39, 0.29) is 0 Å². The number of rotatable bonds is 8. The Balaban J connectivity index is 1.55. The average molecular weight is 440 g/mol. The highest BCUT2D eigenvalue weighted by Crippen LogP contribution is 2.31. The molecule has 0 fully saturated rings. The molecule has 0 aliphatic heterocycles. The Morgan fingerprint density at radius 1 is 1.17 bits per heavy atom. The van der Waals surface area contributed by atoms with Crippen LogP contribution in [-0.2, 0) is 12.3 Å². The molecule has 0 atom stereocenters. The van der Waals surface area contributed by atoms with E-state index in [2.05, 4.69) is 26.9 Å². The smallest absolute Gasteiger partial charge is 0.257 e. The SMILES string of the molecule is C=CCn1c(SCc2noc(-c3ccc(Cl)cc3)n2)nnc1-c1ccccc1OC. The topological polar surface area (TPSA) is 78.9 Å². The molecule has 2 heterocycles. The second-order valence-electron chi connectivity index (χ2n) is 6.22. The lowest BCUT2D eigenvalue weighted by molar-refractivity contribution is 0.416. The molecule has 2 aromatic carbocycles. The van der Waals surface area contributed by atoms with Crippen LogP contribution in [0.4, 0.5) is 0 Å². The molecular weight excluding hydrogens is 422 g/mol. The first kappa shape index (κ1) is 20.2. The molecule has 2 aromatic heterocycles. The first-order valence-electron chi connectivity index (χ1n) is 9.08. The van der Waals surface area contributed by atoms with Crippen molar-refractivity contribution >= 4 is 23.4 Å². The molecule has 7 nitrogen and oxygen atoms in total. The van der Waals surface area contributed by atoms with E-state index in [1.54, 1.807) is 25.3 Å². The number of para-hydroxylation sites is 1. The van der Waals surface area contributed by atoms with Gasteiger partial charge < -0.3 is 9.26 Å². The summed E-state index contributed by atoms with van der Waals surface area (Å²) in [6, 6.07) is 15.0. The van der Waals surface area contributed by atoms with E-state index >= 15 is 0 Å². The first-order chi connectivity index (χ1) is 14.7. The Morgan fingerprint density at radius 2 is 1.97 bits per heavy atom. The minimum absolute atomic E-state index is 0.449. The maximum atomic E-state index is 5.93. The molecule has 0 radical (unpaired) electrons. The van der Waals surface area contributed by atoms with Crippen LogP contribution in [0.2, 0.25) is 5.02 Å². The molecular formula is C21H18ClN5O2S. The molecule has 4 rings (SSSR count). The van der Waals surface area contributed by atoms with Gasteiger partial charge in [-0.25, -0.2) is 0 Å². The lowest BCUT2D eigenvalue weighted by Crippen LogP contribution is -2.02. The van der Waals surface area contributed by atoms with Gasteiger partial charge in [-0.3, -0.25) is 4.57 Å². The molecule has 9 heteroatoms. The van der Waals surface area contributed by atoms with Crippen LogP contribution >= 0.6 is 23.4 Å². The lowest BCUT2D eigenvalue weighted by atomic mass is 10.2. The fourth-order valence-corrected chi connectivity index (χ4v) is 3.79. The summed E-state index contributed by atoms with van der Waals surface area (Å²) in [4.78, 5) is 4.45. The summed E-state index contributed by atoms with van der Waals surface area (Å²) in [6.07, 6.45) is 1.80. The number of benzene rings is 2. The van der Waals surface area contributed by atoms with Crippen molar-refractivity contribution in [2.24, 2.45) is 0 Å². The van der Waals surface area contributed by atoms with Crippen molar-refractivity contribution in [2.75, 3.05) is 7.11 Å². The van der Waals surface area contributed by atoms with Gasteiger partial charge in [0.1, 0.15) is 5.75 Å². The van der Waals surface area contributed by atoms with Crippen LogP contribution in [0.3, 0.4) is 0 Å². The summed E-state index contributed by atoms with van der Waals surface area (Å²) in [5.74, 6) is 2.95. The van der Waals surface area contributed by atoms with Crippen LogP contribution in [0.15, 0.2) is 70.9 Å². The third-order valence-electron chi connectivity index (χ3n) is 4.27. The van der Waals surface area contributed by atoms with Gasteiger partial charge in [0.25, 0.3) is 5.89 Å². The largest absolute Gasteiger partial charge is 0.496 e. The summed E-state index contributed by atoms with van der Waals surface area (Å²) in [5.41, 5.74) is 1.68. The molecule has 0 N–H and O–H groups in total. The van der Waals surface area contributed by atoms with Crippen LogP contribution in [0.1, 0.15) is 5.82 Å². The Morgan fingerprint density at radius 3 is 2.73 bits per heavy atom. The molecule has 0 aliphatic carbocycles. The number of aromatic nitrogens is 5. The third kappa shape index (κ3) is 4.24. The zero-order chi connectivity index (χ0) is 20.9. The third-order valence-corrected chi connectivity index (χ3v) is 5.48.